The predicted octanol–water partition coefficient (Wildman–Crippen LogP) is 1.94. The number of nitrogens with zero attached hydrogens (tertiary/aromatic N) is 2. The molecule has 1 aromatic carbocycles. The van der Waals surface area contributed by atoms with Gasteiger partial charge in [-0.25, -0.2) is 4.79 Å². The molecule has 2 atom stereocenters. The predicted molar refractivity (Wildman–Crippen MR) is 102 cm³/mol. The molecule has 3 rings (SSSR count). The third kappa shape index (κ3) is 3.13. The van der Waals surface area contributed by atoms with E-state index in [-0.39, 0.29) is 13.2 Å². The van der Waals surface area contributed by atoms with Crippen molar-refractivity contribution in [2.45, 2.75) is 18.9 Å². The number of carbonyl (C=O) groups excluding carboxylic acids is 2. The Morgan fingerprint density at radius 3 is 2.81 bits per heavy atom. The van der Waals surface area contributed by atoms with Gasteiger partial charge in [-0.1, -0.05) is 25.2 Å². The van der Waals surface area contributed by atoms with Crippen molar-refractivity contribution in [3.05, 3.63) is 48.6 Å². The first kappa shape index (κ1) is 19.1. The van der Waals surface area contributed by atoms with Crippen LogP contribution in [0.3, 0.4) is 0 Å². The van der Waals surface area contributed by atoms with Gasteiger partial charge in [0.25, 0.3) is 5.91 Å². The molecule has 2 N–H and O–H groups in total. The molecular formula is C20H24N2O5. The van der Waals surface area contributed by atoms with Crippen molar-refractivity contribution < 1.29 is 24.5 Å². The van der Waals surface area contributed by atoms with E-state index < -0.39 is 23.5 Å². The van der Waals surface area contributed by atoms with Gasteiger partial charge in [-0.05, 0) is 24.6 Å². The van der Waals surface area contributed by atoms with Crippen molar-refractivity contribution in [1.29, 1.82) is 0 Å². The highest BCUT2D eigenvalue weighted by molar-refractivity contribution is 6.08. The van der Waals surface area contributed by atoms with E-state index in [0.717, 1.165) is 0 Å². The second-order valence-corrected chi connectivity index (χ2v) is 6.67. The fourth-order valence-corrected chi connectivity index (χ4v) is 3.56. The minimum Gasteiger partial charge on any atom is -0.447 e. The van der Waals surface area contributed by atoms with Gasteiger partial charge in [0.05, 0.1) is 12.2 Å². The van der Waals surface area contributed by atoms with E-state index in [4.69, 9.17) is 9.84 Å². The number of fused-ring (bicyclic) bond motifs is 1. The maximum Gasteiger partial charge on any atom is 0.414 e. The number of ether oxygens (including phenoxy) is 1. The number of cyclic esters (lactones) is 1. The lowest BCUT2D eigenvalue weighted by molar-refractivity contribution is -0.139. The van der Waals surface area contributed by atoms with Gasteiger partial charge in [0.2, 0.25) is 0 Å². The highest BCUT2D eigenvalue weighted by Crippen LogP contribution is 2.46. The van der Waals surface area contributed by atoms with Crippen molar-refractivity contribution in [2.24, 2.45) is 5.92 Å². The fourth-order valence-electron chi connectivity index (χ4n) is 3.56. The number of anilines is 2. The fraction of sp³-hybridized carbons (Fsp3) is 0.400. The molecule has 1 fully saturated rings. The van der Waals surface area contributed by atoms with Crippen LogP contribution in [0.5, 0.6) is 0 Å². The summed E-state index contributed by atoms with van der Waals surface area (Å²) < 4.78 is 4.98. The van der Waals surface area contributed by atoms with Crippen LogP contribution in [0.25, 0.3) is 0 Å². The molecule has 144 valence electrons. The maximum absolute atomic E-state index is 13.1. The van der Waals surface area contributed by atoms with Crippen LogP contribution in [-0.2, 0) is 15.1 Å². The number of benzene rings is 1. The van der Waals surface area contributed by atoms with E-state index in [0.29, 0.717) is 36.5 Å². The Bertz CT molecular complexity index is 791. The van der Waals surface area contributed by atoms with Crippen LogP contribution in [0.4, 0.5) is 16.2 Å². The van der Waals surface area contributed by atoms with Gasteiger partial charge >= 0.3 is 6.09 Å². The summed E-state index contributed by atoms with van der Waals surface area (Å²) in [5.41, 5.74) is -0.132. The third-order valence-corrected chi connectivity index (χ3v) is 5.02. The van der Waals surface area contributed by atoms with Crippen molar-refractivity contribution in [3.63, 3.8) is 0 Å². The topological polar surface area (TPSA) is 90.3 Å². The van der Waals surface area contributed by atoms with E-state index in [1.165, 1.54) is 9.80 Å². The highest BCUT2D eigenvalue weighted by Gasteiger charge is 2.52. The lowest BCUT2D eigenvalue weighted by atomic mass is 9.82. The van der Waals surface area contributed by atoms with Crippen LogP contribution in [0.1, 0.15) is 18.9 Å². The van der Waals surface area contributed by atoms with E-state index in [2.05, 4.69) is 6.58 Å². The summed E-state index contributed by atoms with van der Waals surface area (Å²) in [7, 11) is 0. The van der Waals surface area contributed by atoms with Gasteiger partial charge in [-0.3, -0.25) is 9.69 Å². The van der Waals surface area contributed by atoms with Gasteiger partial charge in [0.15, 0.2) is 5.60 Å². The second kappa shape index (κ2) is 7.54. The molecule has 1 saturated heterocycles. The molecule has 7 nitrogen and oxygen atoms in total. The summed E-state index contributed by atoms with van der Waals surface area (Å²) in [6.07, 6.45) is 5.07. The third-order valence-electron chi connectivity index (χ3n) is 5.02. The number of aliphatic hydroxyl groups excluding tert-OH is 1. The normalized spacial score (nSPS) is 23.1. The van der Waals surface area contributed by atoms with Gasteiger partial charge in [-0.15, -0.1) is 6.58 Å². The molecule has 2 amide bonds. The highest BCUT2D eigenvalue weighted by atomic mass is 16.6. The van der Waals surface area contributed by atoms with Crippen molar-refractivity contribution in [3.8, 4) is 0 Å². The molecule has 0 saturated carbocycles. The Hall–Kier alpha value is -2.64. The average Bonchev–Trinajstić information content (AvgIpc) is 3.18. The molecule has 2 aliphatic rings. The Labute approximate surface area is 158 Å². The van der Waals surface area contributed by atoms with Gasteiger partial charge < -0.3 is 19.8 Å². The first-order valence-electron chi connectivity index (χ1n) is 8.96. The summed E-state index contributed by atoms with van der Waals surface area (Å²) >= 11 is 0. The summed E-state index contributed by atoms with van der Waals surface area (Å²) in [5.74, 6) is -0.953. The van der Waals surface area contributed by atoms with Crippen molar-refractivity contribution in [2.75, 3.05) is 36.1 Å². The Kier molecular flexibility index (Phi) is 5.34. The van der Waals surface area contributed by atoms with Crippen LogP contribution < -0.4 is 9.80 Å². The first-order valence-corrected chi connectivity index (χ1v) is 8.96. The number of amides is 2. The van der Waals surface area contributed by atoms with E-state index in [1.807, 2.05) is 0 Å². The number of rotatable bonds is 7. The quantitative estimate of drug-likeness (QED) is 0.714. The molecule has 7 heteroatoms. The molecule has 0 aliphatic carbocycles. The summed E-state index contributed by atoms with van der Waals surface area (Å²) in [5, 5.41) is 20.4. The van der Waals surface area contributed by atoms with E-state index in [1.54, 1.807) is 43.4 Å². The molecule has 0 bridgehead atoms. The molecule has 2 heterocycles. The minimum absolute atomic E-state index is 0.00398. The van der Waals surface area contributed by atoms with Crippen LogP contribution in [-0.4, -0.2) is 48.5 Å². The summed E-state index contributed by atoms with van der Waals surface area (Å²) in [4.78, 5) is 27.9. The van der Waals surface area contributed by atoms with Crippen LogP contribution in [0.2, 0.25) is 0 Å². The SMILES string of the molecule is C=CCN1C(=O)[C@@](O)([C@@H](C)/C=C/CCO)c2cc(N3CCOC3=O)ccc21. The number of hydrogen-bond donors (Lipinski definition) is 2. The largest absolute Gasteiger partial charge is 0.447 e. The Morgan fingerprint density at radius 1 is 1.41 bits per heavy atom. The zero-order chi connectivity index (χ0) is 19.6. The number of hydrogen-bond acceptors (Lipinski definition) is 5. The number of aliphatic hydroxyl groups is 2. The van der Waals surface area contributed by atoms with Gasteiger partial charge in [0, 0.05) is 30.3 Å². The summed E-state index contributed by atoms with van der Waals surface area (Å²) in [6, 6.07) is 5.16. The standard InChI is InChI=1S/C20H24N2O5/c1-3-9-22-17-8-7-15(21-10-12-27-19(21)25)13-16(17)20(26,18(22)24)14(2)6-4-5-11-23/h3-4,6-8,13-14,23,26H,1,5,9-12H2,2H3/b6-4+/t14-,20+/m0/s1. The van der Waals surface area contributed by atoms with Gasteiger partial charge in [-0.2, -0.15) is 0 Å². The molecule has 0 aromatic heterocycles. The lowest BCUT2D eigenvalue weighted by Gasteiger charge is -2.27. The maximum atomic E-state index is 13.1. The molecule has 0 unspecified atom stereocenters. The first-order chi connectivity index (χ1) is 12.9. The lowest BCUT2D eigenvalue weighted by Crippen LogP contribution is -2.44. The second-order valence-electron chi connectivity index (χ2n) is 6.67. The zero-order valence-corrected chi connectivity index (χ0v) is 15.3. The molecule has 0 radical (unpaired) electrons. The Morgan fingerprint density at radius 2 is 2.19 bits per heavy atom. The molecule has 0 spiro atoms. The van der Waals surface area contributed by atoms with Gasteiger partial charge in [0.1, 0.15) is 6.61 Å². The van der Waals surface area contributed by atoms with E-state index >= 15 is 0 Å². The van der Waals surface area contributed by atoms with Crippen LogP contribution >= 0.6 is 0 Å². The monoisotopic (exact) mass is 372 g/mol. The molecule has 27 heavy (non-hydrogen) atoms. The number of carbonyl (C=O) groups is 2. The molecule has 1 aromatic rings. The van der Waals surface area contributed by atoms with Crippen molar-refractivity contribution in [1.82, 2.24) is 0 Å². The van der Waals surface area contributed by atoms with Crippen molar-refractivity contribution >= 4 is 23.4 Å². The Balaban J connectivity index is 2.06. The molecular weight excluding hydrogens is 348 g/mol. The van der Waals surface area contributed by atoms with Crippen LogP contribution in [0, 0.1) is 5.92 Å². The van der Waals surface area contributed by atoms with Crippen LogP contribution in [0.15, 0.2) is 43.0 Å². The zero-order valence-electron chi connectivity index (χ0n) is 15.3. The van der Waals surface area contributed by atoms with E-state index in [9.17, 15) is 14.7 Å². The smallest absolute Gasteiger partial charge is 0.414 e. The minimum atomic E-state index is -1.76. The average molecular weight is 372 g/mol. The molecule has 2 aliphatic heterocycles. The summed E-state index contributed by atoms with van der Waals surface area (Å²) in [6.45, 7) is 6.44.